The summed E-state index contributed by atoms with van der Waals surface area (Å²) in [7, 11) is 0. The molecule has 1 aromatic heterocycles. The van der Waals surface area contributed by atoms with Crippen LogP contribution in [0.3, 0.4) is 0 Å². The Bertz CT molecular complexity index is 313. The van der Waals surface area contributed by atoms with Gasteiger partial charge in [0, 0.05) is 18.7 Å². The molecule has 1 amide bonds. The van der Waals surface area contributed by atoms with Gasteiger partial charge in [-0.3, -0.25) is 4.79 Å². The van der Waals surface area contributed by atoms with Gasteiger partial charge in [-0.2, -0.15) is 0 Å². The predicted molar refractivity (Wildman–Crippen MR) is 53.2 cm³/mol. The number of aromatic nitrogens is 1. The summed E-state index contributed by atoms with van der Waals surface area (Å²) in [6.07, 6.45) is 1.68. The molecule has 0 aromatic carbocycles. The first-order valence-electron chi connectivity index (χ1n) is 4.49. The van der Waals surface area contributed by atoms with Crippen molar-refractivity contribution in [3.05, 3.63) is 23.9 Å². The SMILES string of the molecule is CC(=O)NCCOc1ncccc1C. The number of aryl methyl sites for hydroxylation is 1. The molecule has 0 fully saturated rings. The first-order chi connectivity index (χ1) is 6.70. The Morgan fingerprint density at radius 2 is 2.43 bits per heavy atom. The molecule has 1 N–H and O–H groups in total. The highest BCUT2D eigenvalue weighted by atomic mass is 16.5. The Morgan fingerprint density at radius 1 is 1.64 bits per heavy atom. The van der Waals surface area contributed by atoms with Crippen molar-refractivity contribution in [1.82, 2.24) is 10.3 Å². The lowest BCUT2D eigenvalue weighted by molar-refractivity contribution is -0.119. The molecule has 1 aromatic rings. The van der Waals surface area contributed by atoms with Crippen LogP contribution in [0.25, 0.3) is 0 Å². The van der Waals surface area contributed by atoms with Crippen molar-refractivity contribution in [2.75, 3.05) is 13.2 Å². The number of nitrogens with one attached hydrogen (secondary N) is 1. The second-order valence-electron chi connectivity index (χ2n) is 2.96. The van der Waals surface area contributed by atoms with Gasteiger partial charge in [0.15, 0.2) is 0 Å². The van der Waals surface area contributed by atoms with E-state index in [0.717, 1.165) is 5.56 Å². The summed E-state index contributed by atoms with van der Waals surface area (Å²) in [6, 6.07) is 3.79. The van der Waals surface area contributed by atoms with Crippen LogP contribution in [0.15, 0.2) is 18.3 Å². The quantitative estimate of drug-likeness (QED) is 0.725. The lowest BCUT2D eigenvalue weighted by atomic mass is 10.3. The minimum Gasteiger partial charge on any atom is -0.476 e. The number of hydrogen-bond donors (Lipinski definition) is 1. The molecule has 0 radical (unpaired) electrons. The molecule has 0 aliphatic heterocycles. The smallest absolute Gasteiger partial charge is 0.216 e. The van der Waals surface area contributed by atoms with Crippen LogP contribution >= 0.6 is 0 Å². The lowest BCUT2D eigenvalue weighted by Crippen LogP contribution is -2.25. The molecule has 0 bridgehead atoms. The van der Waals surface area contributed by atoms with Gasteiger partial charge in [-0.05, 0) is 13.0 Å². The first kappa shape index (κ1) is 10.5. The third-order valence-corrected chi connectivity index (χ3v) is 1.68. The number of nitrogens with zero attached hydrogens (tertiary/aromatic N) is 1. The zero-order chi connectivity index (χ0) is 10.4. The van der Waals surface area contributed by atoms with Crippen molar-refractivity contribution in [1.29, 1.82) is 0 Å². The van der Waals surface area contributed by atoms with Gasteiger partial charge in [0.1, 0.15) is 6.61 Å². The van der Waals surface area contributed by atoms with Gasteiger partial charge in [-0.15, -0.1) is 0 Å². The summed E-state index contributed by atoms with van der Waals surface area (Å²) in [5.74, 6) is 0.573. The highest BCUT2D eigenvalue weighted by Crippen LogP contribution is 2.11. The van der Waals surface area contributed by atoms with Crippen molar-refractivity contribution >= 4 is 5.91 Å². The van der Waals surface area contributed by atoms with E-state index in [0.29, 0.717) is 19.0 Å². The third-order valence-electron chi connectivity index (χ3n) is 1.68. The topological polar surface area (TPSA) is 51.2 Å². The molecule has 0 saturated heterocycles. The highest BCUT2D eigenvalue weighted by molar-refractivity contribution is 5.72. The van der Waals surface area contributed by atoms with Gasteiger partial charge in [0.2, 0.25) is 11.8 Å². The largest absolute Gasteiger partial charge is 0.476 e. The van der Waals surface area contributed by atoms with Crippen LogP contribution in [0.4, 0.5) is 0 Å². The minimum atomic E-state index is -0.0497. The van der Waals surface area contributed by atoms with Crippen LogP contribution in [0.2, 0.25) is 0 Å². The molecule has 0 aliphatic rings. The predicted octanol–water partition coefficient (Wildman–Crippen LogP) is 0.905. The standard InChI is InChI=1S/C10H14N2O2/c1-8-4-3-5-12-10(8)14-7-6-11-9(2)13/h3-5H,6-7H2,1-2H3,(H,11,13). The number of ether oxygens (including phenoxy) is 1. The Kier molecular flexibility index (Phi) is 3.91. The summed E-state index contributed by atoms with van der Waals surface area (Å²) in [5, 5.41) is 2.64. The monoisotopic (exact) mass is 194 g/mol. The van der Waals surface area contributed by atoms with Gasteiger partial charge in [0.25, 0.3) is 0 Å². The maximum absolute atomic E-state index is 10.5. The van der Waals surface area contributed by atoms with Gasteiger partial charge >= 0.3 is 0 Å². The Hall–Kier alpha value is -1.58. The average molecular weight is 194 g/mol. The Morgan fingerprint density at radius 3 is 3.07 bits per heavy atom. The number of pyridine rings is 1. The molecule has 0 spiro atoms. The second kappa shape index (κ2) is 5.21. The molecule has 4 nitrogen and oxygen atoms in total. The molecule has 0 atom stereocenters. The molecule has 4 heteroatoms. The fourth-order valence-electron chi connectivity index (χ4n) is 0.997. The van der Waals surface area contributed by atoms with E-state index in [1.54, 1.807) is 6.20 Å². The summed E-state index contributed by atoms with van der Waals surface area (Å²) in [5.41, 5.74) is 0.996. The summed E-state index contributed by atoms with van der Waals surface area (Å²) >= 11 is 0. The number of hydrogen-bond acceptors (Lipinski definition) is 3. The molecule has 0 saturated carbocycles. The fourth-order valence-corrected chi connectivity index (χ4v) is 0.997. The van der Waals surface area contributed by atoms with Crippen molar-refractivity contribution in [3.8, 4) is 5.88 Å². The number of carbonyl (C=O) groups excluding carboxylic acids is 1. The van der Waals surface area contributed by atoms with Crippen LogP contribution in [0.5, 0.6) is 5.88 Å². The van der Waals surface area contributed by atoms with Gasteiger partial charge in [-0.25, -0.2) is 4.98 Å². The number of rotatable bonds is 4. The minimum absolute atomic E-state index is 0.0497. The molecule has 1 rings (SSSR count). The third kappa shape index (κ3) is 3.43. The molecular weight excluding hydrogens is 180 g/mol. The van der Waals surface area contributed by atoms with E-state index in [2.05, 4.69) is 10.3 Å². The van der Waals surface area contributed by atoms with E-state index in [-0.39, 0.29) is 5.91 Å². The Labute approximate surface area is 83.3 Å². The number of carbonyl (C=O) groups is 1. The maximum Gasteiger partial charge on any atom is 0.216 e. The van der Waals surface area contributed by atoms with Gasteiger partial charge < -0.3 is 10.1 Å². The average Bonchev–Trinajstić information content (AvgIpc) is 2.15. The number of amides is 1. The Balaban J connectivity index is 2.31. The van der Waals surface area contributed by atoms with Crippen LogP contribution in [-0.2, 0) is 4.79 Å². The zero-order valence-electron chi connectivity index (χ0n) is 8.41. The van der Waals surface area contributed by atoms with Gasteiger partial charge in [0.05, 0.1) is 6.54 Å². The van der Waals surface area contributed by atoms with Crippen LogP contribution in [0, 0.1) is 6.92 Å². The lowest BCUT2D eigenvalue weighted by Gasteiger charge is -2.07. The zero-order valence-corrected chi connectivity index (χ0v) is 8.41. The van der Waals surface area contributed by atoms with Crippen molar-refractivity contribution in [3.63, 3.8) is 0 Å². The maximum atomic E-state index is 10.5. The van der Waals surface area contributed by atoms with Crippen LogP contribution in [-0.4, -0.2) is 24.0 Å². The molecule has 0 unspecified atom stereocenters. The molecule has 0 aliphatic carbocycles. The molecular formula is C10H14N2O2. The van der Waals surface area contributed by atoms with E-state index < -0.39 is 0 Å². The van der Waals surface area contributed by atoms with Crippen molar-refractivity contribution in [2.24, 2.45) is 0 Å². The van der Waals surface area contributed by atoms with E-state index in [4.69, 9.17) is 4.74 Å². The normalized spacial score (nSPS) is 9.57. The van der Waals surface area contributed by atoms with E-state index in [1.807, 2.05) is 19.1 Å². The van der Waals surface area contributed by atoms with Crippen molar-refractivity contribution in [2.45, 2.75) is 13.8 Å². The summed E-state index contributed by atoms with van der Waals surface area (Å²) in [4.78, 5) is 14.6. The fraction of sp³-hybridized carbons (Fsp3) is 0.400. The highest BCUT2D eigenvalue weighted by Gasteiger charge is 1.98. The van der Waals surface area contributed by atoms with Gasteiger partial charge in [-0.1, -0.05) is 6.07 Å². The molecule has 76 valence electrons. The van der Waals surface area contributed by atoms with Crippen LogP contribution in [0.1, 0.15) is 12.5 Å². The summed E-state index contributed by atoms with van der Waals surface area (Å²) in [6.45, 7) is 4.36. The second-order valence-corrected chi connectivity index (χ2v) is 2.96. The molecule has 14 heavy (non-hydrogen) atoms. The summed E-state index contributed by atoms with van der Waals surface area (Å²) < 4.78 is 5.36. The van der Waals surface area contributed by atoms with E-state index in [9.17, 15) is 4.79 Å². The van der Waals surface area contributed by atoms with Crippen LogP contribution < -0.4 is 10.1 Å². The first-order valence-corrected chi connectivity index (χ1v) is 4.49. The molecule has 1 heterocycles. The van der Waals surface area contributed by atoms with E-state index >= 15 is 0 Å². The van der Waals surface area contributed by atoms with E-state index in [1.165, 1.54) is 6.92 Å². The van der Waals surface area contributed by atoms with Crippen molar-refractivity contribution < 1.29 is 9.53 Å².